The highest BCUT2D eigenvalue weighted by Crippen LogP contribution is 2.31. The van der Waals surface area contributed by atoms with Gasteiger partial charge < -0.3 is 74.0 Å². The zero-order valence-corrected chi connectivity index (χ0v) is 25.6. The molecule has 8 N–H and O–H groups in total. The predicted octanol–water partition coefficient (Wildman–Crippen LogP) is -1.44. The van der Waals surface area contributed by atoms with E-state index in [1.54, 1.807) is 12.1 Å². The Morgan fingerprint density at radius 1 is 0.809 bits per heavy atom. The summed E-state index contributed by atoms with van der Waals surface area (Å²) < 4.78 is 37.9. The topological polar surface area (TPSA) is 244 Å². The second-order valence-electron chi connectivity index (χ2n) is 10.8. The summed E-state index contributed by atoms with van der Waals surface area (Å²) in [5.41, 5.74) is 1.17. The van der Waals surface area contributed by atoms with Crippen molar-refractivity contribution in [3.05, 3.63) is 53.6 Å². The van der Waals surface area contributed by atoms with Crippen LogP contribution in [0.4, 0.5) is 0 Å². The molecule has 2 saturated heterocycles. The number of benzene rings is 2. The lowest BCUT2D eigenvalue weighted by Gasteiger charge is -2.46. The first-order valence-corrected chi connectivity index (χ1v) is 14.6. The van der Waals surface area contributed by atoms with Gasteiger partial charge >= 0.3 is 5.97 Å². The highest BCUT2D eigenvalue weighted by molar-refractivity contribution is 5.87. The van der Waals surface area contributed by atoms with Gasteiger partial charge in [0.25, 0.3) is 0 Å². The van der Waals surface area contributed by atoms with Crippen molar-refractivity contribution in [1.29, 1.82) is 0 Å². The van der Waals surface area contributed by atoms with Crippen molar-refractivity contribution in [1.82, 2.24) is 0 Å². The third-order valence-electron chi connectivity index (χ3n) is 7.70. The average molecular weight is 669 g/mol. The second kappa shape index (κ2) is 16.5. The normalized spacial score (nSPS) is 31.1. The number of aliphatic hydroxyl groups excluding tert-OH is 6. The Bertz CT molecular complexity index is 1350. The molecule has 16 heteroatoms. The Morgan fingerprint density at radius 2 is 1.53 bits per heavy atom. The van der Waals surface area contributed by atoms with Crippen LogP contribution in [-0.2, 0) is 34.9 Å². The molecule has 2 aliphatic heterocycles. The maximum Gasteiger partial charge on any atom is 0.330 e. The van der Waals surface area contributed by atoms with Crippen LogP contribution in [-0.4, -0.2) is 142 Å². The highest BCUT2D eigenvalue weighted by atomic mass is 16.7. The van der Waals surface area contributed by atoms with Crippen LogP contribution in [0.2, 0.25) is 0 Å². The van der Waals surface area contributed by atoms with Crippen molar-refractivity contribution >= 4 is 12.0 Å². The monoisotopic (exact) mass is 668 g/mol. The Labute approximate surface area is 269 Å². The van der Waals surface area contributed by atoms with Crippen LogP contribution in [0.5, 0.6) is 23.0 Å². The zero-order valence-electron chi connectivity index (χ0n) is 25.6. The van der Waals surface area contributed by atoms with E-state index in [0.717, 1.165) is 6.08 Å². The number of esters is 1. The number of methoxy groups -OCH3 is 2. The van der Waals surface area contributed by atoms with Crippen LogP contribution in [0.25, 0.3) is 6.08 Å². The lowest BCUT2D eigenvalue weighted by Crippen LogP contribution is -2.65. The number of phenolic OH excluding ortho intramolecular Hbond substituents is 2. The molecule has 0 saturated carbocycles. The molecule has 0 aromatic heterocycles. The Balaban J connectivity index is 1.46. The standard InChI is InChI=1S/C31H40O16/c1-41-19-7-4-16(11-18(19)34)9-10-43-30-28(40)29(47-31-27(39)26(38)24(36)21(13-32)45-31)25(37)22(46-30)14-44-23(35)8-5-15-3-6-17(33)20(12-15)42-2/h3-8,11-12,21-22,24-34,36-40H,9-10,13-14H2,1-2H3/t21-,22-,24-,25-,26+,27-,28-,29+,30-,31-/m1/s1. The minimum absolute atomic E-state index is 0.0539. The minimum Gasteiger partial charge on any atom is -0.504 e. The molecule has 4 rings (SSSR count). The van der Waals surface area contributed by atoms with Gasteiger partial charge in [0.2, 0.25) is 0 Å². The minimum atomic E-state index is -1.84. The van der Waals surface area contributed by atoms with E-state index in [2.05, 4.69) is 0 Å². The number of carbonyl (C=O) groups excluding carboxylic acids is 1. The van der Waals surface area contributed by atoms with Gasteiger partial charge in [0.15, 0.2) is 35.6 Å². The Kier molecular flexibility index (Phi) is 12.8. The van der Waals surface area contributed by atoms with Gasteiger partial charge in [-0.25, -0.2) is 4.79 Å². The van der Waals surface area contributed by atoms with Crippen LogP contribution in [0, 0.1) is 0 Å². The molecule has 2 fully saturated rings. The van der Waals surface area contributed by atoms with E-state index in [4.69, 9.17) is 33.2 Å². The molecule has 2 aromatic carbocycles. The number of hydrogen-bond acceptors (Lipinski definition) is 16. The van der Waals surface area contributed by atoms with Crippen LogP contribution in [0.1, 0.15) is 11.1 Å². The van der Waals surface area contributed by atoms with Gasteiger partial charge in [0.1, 0.15) is 55.4 Å². The van der Waals surface area contributed by atoms with Crippen LogP contribution in [0.15, 0.2) is 42.5 Å². The third kappa shape index (κ3) is 8.88. The van der Waals surface area contributed by atoms with Crippen molar-refractivity contribution in [2.24, 2.45) is 0 Å². The molecule has 0 bridgehead atoms. The van der Waals surface area contributed by atoms with E-state index in [-0.39, 0.29) is 36.0 Å². The first kappa shape index (κ1) is 36.3. The SMILES string of the molecule is COc1ccc(CCO[C@@H]2O[C@H](COC(=O)C=Cc3ccc(O)c(OC)c3)[C@@H](O)[C@H](O[C@H]3O[C@H](CO)[C@@H](O)[C@H](O)[C@H]3O)[C@H]2O)cc1O. The maximum absolute atomic E-state index is 12.5. The molecular weight excluding hydrogens is 628 g/mol. The smallest absolute Gasteiger partial charge is 0.330 e. The number of rotatable bonds is 13. The summed E-state index contributed by atoms with van der Waals surface area (Å²) in [7, 11) is 2.78. The summed E-state index contributed by atoms with van der Waals surface area (Å²) in [6.45, 7) is -1.34. The highest BCUT2D eigenvalue weighted by Gasteiger charge is 2.51. The van der Waals surface area contributed by atoms with Crippen molar-refractivity contribution in [3.8, 4) is 23.0 Å². The van der Waals surface area contributed by atoms with Crippen LogP contribution in [0.3, 0.4) is 0 Å². The maximum atomic E-state index is 12.5. The van der Waals surface area contributed by atoms with Crippen LogP contribution >= 0.6 is 0 Å². The molecule has 0 amide bonds. The van der Waals surface area contributed by atoms with Crippen LogP contribution < -0.4 is 9.47 Å². The fourth-order valence-corrected chi connectivity index (χ4v) is 5.03. The molecule has 16 nitrogen and oxygen atoms in total. The van der Waals surface area contributed by atoms with Crippen molar-refractivity contribution in [3.63, 3.8) is 0 Å². The van der Waals surface area contributed by atoms with Gasteiger partial charge in [0.05, 0.1) is 27.4 Å². The van der Waals surface area contributed by atoms with Gasteiger partial charge in [-0.1, -0.05) is 12.1 Å². The molecule has 10 atom stereocenters. The number of ether oxygens (including phenoxy) is 7. The summed E-state index contributed by atoms with van der Waals surface area (Å²) in [6, 6.07) is 9.14. The summed E-state index contributed by atoms with van der Waals surface area (Å²) in [5, 5.41) is 82.3. The number of phenols is 2. The lowest BCUT2D eigenvalue weighted by atomic mass is 9.97. The average Bonchev–Trinajstić information content (AvgIpc) is 3.06. The summed E-state index contributed by atoms with van der Waals surface area (Å²) in [5.74, 6) is -0.536. The summed E-state index contributed by atoms with van der Waals surface area (Å²) >= 11 is 0. The van der Waals surface area contributed by atoms with E-state index < -0.39 is 80.6 Å². The molecule has 2 aliphatic rings. The molecule has 0 unspecified atom stereocenters. The molecule has 260 valence electrons. The van der Waals surface area contributed by atoms with Gasteiger partial charge in [-0.05, 0) is 47.9 Å². The van der Waals surface area contributed by atoms with Crippen molar-refractivity contribution in [2.75, 3.05) is 34.0 Å². The van der Waals surface area contributed by atoms with Gasteiger partial charge in [-0.2, -0.15) is 0 Å². The molecular formula is C31H40O16. The molecule has 0 aliphatic carbocycles. The Morgan fingerprint density at radius 3 is 2.21 bits per heavy atom. The van der Waals surface area contributed by atoms with Gasteiger partial charge in [0, 0.05) is 6.08 Å². The predicted molar refractivity (Wildman–Crippen MR) is 158 cm³/mol. The van der Waals surface area contributed by atoms with E-state index in [0.29, 0.717) is 11.1 Å². The van der Waals surface area contributed by atoms with Crippen molar-refractivity contribution in [2.45, 2.75) is 67.8 Å². The van der Waals surface area contributed by atoms with E-state index in [9.17, 15) is 45.6 Å². The van der Waals surface area contributed by atoms with E-state index >= 15 is 0 Å². The number of aliphatic hydroxyl groups is 6. The van der Waals surface area contributed by atoms with E-state index in [1.165, 1.54) is 44.6 Å². The third-order valence-corrected chi connectivity index (χ3v) is 7.70. The molecule has 2 aromatic rings. The molecule has 0 spiro atoms. The fraction of sp³-hybridized carbons (Fsp3) is 0.516. The first-order chi connectivity index (χ1) is 22.5. The van der Waals surface area contributed by atoms with Gasteiger partial charge in [-0.3, -0.25) is 0 Å². The van der Waals surface area contributed by atoms with Crippen molar-refractivity contribution < 1.29 is 78.8 Å². The number of carbonyl (C=O) groups is 1. The fourth-order valence-electron chi connectivity index (χ4n) is 5.03. The lowest BCUT2D eigenvalue weighted by molar-refractivity contribution is -0.360. The quantitative estimate of drug-likeness (QED) is 0.0900. The van der Waals surface area contributed by atoms with E-state index in [1.807, 2.05) is 0 Å². The summed E-state index contributed by atoms with van der Waals surface area (Å²) in [6.07, 6.45) is -13.4. The number of hydrogen-bond donors (Lipinski definition) is 8. The number of aromatic hydroxyl groups is 2. The Hall–Kier alpha value is -3.55. The summed E-state index contributed by atoms with van der Waals surface area (Å²) in [4.78, 5) is 12.5. The van der Waals surface area contributed by atoms with Gasteiger partial charge in [-0.15, -0.1) is 0 Å². The molecule has 47 heavy (non-hydrogen) atoms. The second-order valence-corrected chi connectivity index (χ2v) is 10.8. The molecule has 2 heterocycles. The largest absolute Gasteiger partial charge is 0.504 e. The first-order valence-electron chi connectivity index (χ1n) is 14.6. The molecule has 0 radical (unpaired) electrons. The zero-order chi connectivity index (χ0) is 34.2.